The van der Waals surface area contributed by atoms with Crippen LogP contribution in [0, 0.1) is 11.8 Å². The standard InChI is InChI=1S/C7H12N2O/c1-8-7(10)9-3-5-2-6(5)4-9/h5-6H,2-4H2,1H3,(H,8,10). The molecule has 1 saturated carbocycles. The molecule has 1 aliphatic carbocycles. The highest BCUT2D eigenvalue weighted by Crippen LogP contribution is 2.44. The minimum absolute atomic E-state index is 0.0900. The number of likely N-dealkylation sites (tertiary alicyclic amines) is 1. The van der Waals surface area contributed by atoms with Crippen LogP contribution in [0.2, 0.25) is 0 Å². The first-order valence-corrected chi connectivity index (χ1v) is 3.78. The summed E-state index contributed by atoms with van der Waals surface area (Å²) in [6, 6.07) is 0.0900. The van der Waals surface area contributed by atoms with Crippen molar-refractivity contribution < 1.29 is 4.79 Å². The molecule has 10 heavy (non-hydrogen) atoms. The first-order valence-electron chi connectivity index (χ1n) is 3.78. The van der Waals surface area contributed by atoms with Crippen LogP contribution in [-0.4, -0.2) is 31.1 Å². The summed E-state index contributed by atoms with van der Waals surface area (Å²) in [6.07, 6.45) is 1.35. The monoisotopic (exact) mass is 140 g/mol. The van der Waals surface area contributed by atoms with Crippen LogP contribution < -0.4 is 5.32 Å². The van der Waals surface area contributed by atoms with Gasteiger partial charge in [0.25, 0.3) is 0 Å². The summed E-state index contributed by atoms with van der Waals surface area (Å²) in [5.41, 5.74) is 0. The molecule has 1 aliphatic heterocycles. The average molecular weight is 140 g/mol. The third kappa shape index (κ3) is 0.770. The number of amides is 2. The Morgan fingerprint density at radius 3 is 2.60 bits per heavy atom. The van der Waals surface area contributed by atoms with Crippen LogP contribution in [0.1, 0.15) is 6.42 Å². The summed E-state index contributed by atoms with van der Waals surface area (Å²) in [4.78, 5) is 12.9. The molecule has 3 nitrogen and oxygen atoms in total. The minimum Gasteiger partial charge on any atom is -0.341 e. The number of hydrogen-bond donors (Lipinski definition) is 1. The summed E-state index contributed by atoms with van der Waals surface area (Å²) in [5.74, 6) is 1.69. The quantitative estimate of drug-likeness (QED) is 0.515. The van der Waals surface area contributed by atoms with Gasteiger partial charge in [0.1, 0.15) is 0 Å². The van der Waals surface area contributed by atoms with E-state index >= 15 is 0 Å². The highest BCUT2D eigenvalue weighted by Gasteiger charge is 2.46. The van der Waals surface area contributed by atoms with Crippen LogP contribution in [0.25, 0.3) is 0 Å². The molecule has 0 bridgehead atoms. The van der Waals surface area contributed by atoms with E-state index in [0.29, 0.717) is 0 Å². The Labute approximate surface area is 60.4 Å². The Kier molecular flexibility index (Phi) is 1.13. The lowest BCUT2D eigenvalue weighted by Crippen LogP contribution is -2.37. The van der Waals surface area contributed by atoms with E-state index in [2.05, 4.69) is 5.32 Å². The Morgan fingerprint density at radius 1 is 1.50 bits per heavy atom. The van der Waals surface area contributed by atoms with Gasteiger partial charge < -0.3 is 10.2 Å². The lowest BCUT2D eigenvalue weighted by Gasteiger charge is -2.16. The molecule has 0 aromatic rings. The molecule has 2 aliphatic rings. The highest BCUT2D eigenvalue weighted by atomic mass is 16.2. The highest BCUT2D eigenvalue weighted by molar-refractivity contribution is 5.74. The molecule has 2 fully saturated rings. The Bertz CT molecular complexity index is 159. The summed E-state index contributed by atoms with van der Waals surface area (Å²) in [5, 5.41) is 2.64. The number of urea groups is 1. The van der Waals surface area contributed by atoms with Crippen molar-refractivity contribution in [1.29, 1.82) is 0 Å². The van der Waals surface area contributed by atoms with Crippen LogP contribution in [-0.2, 0) is 0 Å². The molecule has 2 atom stereocenters. The number of fused-ring (bicyclic) bond motifs is 1. The van der Waals surface area contributed by atoms with E-state index < -0.39 is 0 Å². The van der Waals surface area contributed by atoms with Gasteiger partial charge in [0.05, 0.1) is 0 Å². The molecular weight excluding hydrogens is 128 g/mol. The van der Waals surface area contributed by atoms with Crippen molar-refractivity contribution in [2.24, 2.45) is 11.8 Å². The van der Waals surface area contributed by atoms with Crippen LogP contribution >= 0.6 is 0 Å². The molecule has 2 rings (SSSR count). The number of rotatable bonds is 0. The molecule has 2 amide bonds. The fourth-order valence-corrected chi connectivity index (χ4v) is 1.72. The van der Waals surface area contributed by atoms with Crippen molar-refractivity contribution in [3.63, 3.8) is 0 Å². The maximum absolute atomic E-state index is 11.0. The van der Waals surface area contributed by atoms with E-state index in [4.69, 9.17) is 0 Å². The Hall–Kier alpha value is -0.730. The Morgan fingerprint density at radius 2 is 2.10 bits per heavy atom. The van der Waals surface area contributed by atoms with E-state index in [-0.39, 0.29) is 6.03 Å². The van der Waals surface area contributed by atoms with Gasteiger partial charge in [-0.05, 0) is 18.3 Å². The lowest BCUT2D eigenvalue weighted by atomic mass is 10.4. The van der Waals surface area contributed by atoms with Crippen molar-refractivity contribution in [1.82, 2.24) is 10.2 Å². The van der Waals surface area contributed by atoms with Gasteiger partial charge in [-0.3, -0.25) is 0 Å². The first-order chi connectivity index (χ1) is 4.81. The third-order valence-electron chi connectivity index (χ3n) is 2.48. The van der Waals surface area contributed by atoms with Crippen molar-refractivity contribution in [2.45, 2.75) is 6.42 Å². The second-order valence-electron chi connectivity index (χ2n) is 3.22. The molecule has 3 heteroatoms. The van der Waals surface area contributed by atoms with Gasteiger partial charge >= 0.3 is 6.03 Å². The minimum atomic E-state index is 0.0900. The van der Waals surface area contributed by atoms with E-state index in [1.807, 2.05) is 4.90 Å². The average Bonchev–Trinajstić information content (AvgIpc) is 2.57. The van der Waals surface area contributed by atoms with E-state index in [0.717, 1.165) is 24.9 Å². The number of carbonyl (C=O) groups excluding carboxylic acids is 1. The number of hydrogen-bond acceptors (Lipinski definition) is 1. The smallest absolute Gasteiger partial charge is 0.317 e. The number of carbonyl (C=O) groups is 1. The molecule has 56 valence electrons. The maximum Gasteiger partial charge on any atom is 0.317 e. The second-order valence-corrected chi connectivity index (χ2v) is 3.22. The normalized spacial score (nSPS) is 35.5. The number of nitrogens with zero attached hydrogens (tertiary/aromatic N) is 1. The van der Waals surface area contributed by atoms with Crippen LogP contribution in [0.15, 0.2) is 0 Å². The van der Waals surface area contributed by atoms with Crippen LogP contribution in [0.4, 0.5) is 4.79 Å². The van der Waals surface area contributed by atoms with Gasteiger partial charge in [0.2, 0.25) is 0 Å². The van der Waals surface area contributed by atoms with Gasteiger partial charge in [-0.25, -0.2) is 4.79 Å². The van der Waals surface area contributed by atoms with Crippen LogP contribution in [0.5, 0.6) is 0 Å². The fourth-order valence-electron chi connectivity index (χ4n) is 1.72. The van der Waals surface area contributed by atoms with Gasteiger partial charge in [0.15, 0.2) is 0 Å². The third-order valence-corrected chi connectivity index (χ3v) is 2.48. The molecule has 2 unspecified atom stereocenters. The summed E-state index contributed by atoms with van der Waals surface area (Å²) >= 11 is 0. The largest absolute Gasteiger partial charge is 0.341 e. The van der Waals surface area contributed by atoms with Gasteiger partial charge in [-0.2, -0.15) is 0 Å². The predicted octanol–water partition coefficient (Wildman–Crippen LogP) is 0.278. The number of nitrogens with one attached hydrogen (secondary N) is 1. The first kappa shape index (κ1) is 6.01. The molecule has 1 saturated heterocycles. The SMILES string of the molecule is CNC(=O)N1CC2CC2C1. The fraction of sp³-hybridized carbons (Fsp3) is 0.857. The zero-order valence-electron chi connectivity index (χ0n) is 6.13. The second kappa shape index (κ2) is 1.87. The molecule has 0 radical (unpaired) electrons. The lowest BCUT2D eigenvalue weighted by molar-refractivity contribution is 0.206. The van der Waals surface area contributed by atoms with Crippen molar-refractivity contribution in [3.05, 3.63) is 0 Å². The molecule has 0 aromatic carbocycles. The molecule has 0 aromatic heterocycles. The number of piperidine rings is 1. The van der Waals surface area contributed by atoms with E-state index in [1.54, 1.807) is 7.05 Å². The van der Waals surface area contributed by atoms with Crippen molar-refractivity contribution in [3.8, 4) is 0 Å². The van der Waals surface area contributed by atoms with E-state index in [9.17, 15) is 4.79 Å². The summed E-state index contributed by atoms with van der Waals surface area (Å²) in [6.45, 7) is 1.98. The summed E-state index contributed by atoms with van der Waals surface area (Å²) < 4.78 is 0. The molecule has 1 heterocycles. The molecule has 0 spiro atoms. The Balaban J connectivity index is 1.90. The van der Waals surface area contributed by atoms with Crippen molar-refractivity contribution in [2.75, 3.05) is 20.1 Å². The topological polar surface area (TPSA) is 32.3 Å². The zero-order chi connectivity index (χ0) is 7.14. The molecule has 1 N–H and O–H groups in total. The van der Waals surface area contributed by atoms with Gasteiger partial charge in [0, 0.05) is 20.1 Å². The van der Waals surface area contributed by atoms with Gasteiger partial charge in [-0.15, -0.1) is 0 Å². The van der Waals surface area contributed by atoms with E-state index in [1.165, 1.54) is 6.42 Å². The molecular formula is C7H12N2O. The van der Waals surface area contributed by atoms with Crippen molar-refractivity contribution >= 4 is 6.03 Å². The van der Waals surface area contributed by atoms with Gasteiger partial charge in [-0.1, -0.05) is 0 Å². The predicted molar refractivity (Wildman–Crippen MR) is 37.6 cm³/mol. The zero-order valence-corrected chi connectivity index (χ0v) is 6.13. The summed E-state index contributed by atoms with van der Waals surface area (Å²) in [7, 11) is 1.69. The maximum atomic E-state index is 11.0. The van der Waals surface area contributed by atoms with Crippen LogP contribution in [0.3, 0.4) is 0 Å².